The topological polar surface area (TPSA) is 67.8 Å². The molecule has 1 amide bonds. The zero-order valence-corrected chi connectivity index (χ0v) is 11.2. The first kappa shape index (κ1) is 14.0. The lowest BCUT2D eigenvalue weighted by atomic mass is 10.3. The normalized spacial score (nSPS) is 10.8. The van der Waals surface area contributed by atoms with Crippen LogP contribution in [-0.4, -0.2) is 21.1 Å². The van der Waals surface area contributed by atoms with E-state index in [1.807, 2.05) is 0 Å². The lowest BCUT2D eigenvalue weighted by molar-refractivity contribution is 0.102. The van der Waals surface area contributed by atoms with Gasteiger partial charge in [-0.05, 0) is 12.1 Å². The van der Waals surface area contributed by atoms with Gasteiger partial charge < -0.3 is 0 Å². The minimum atomic E-state index is -2.74. The highest BCUT2D eigenvalue weighted by Crippen LogP contribution is 2.26. The van der Waals surface area contributed by atoms with Crippen molar-refractivity contribution < 1.29 is 13.6 Å². The molecule has 10 heteroatoms. The highest BCUT2D eigenvalue weighted by Gasteiger charge is 2.18. The second-order valence-electron chi connectivity index (χ2n) is 3.16. The molecular weight excluding hydrogens is 321 g/mol. The highest BCUT2D eigenvalue weighted by molar-refractivity contribution is 7.15. The third-order valence-electron chi connectivity index (χ3n) is 1.87. The lowest BCUT2D eigenvalue weighted by Gasteiger charge is -2.02. The molecule has 0 radical (unpaired) electrons. The number of rotatable bonds is 3. The van der Waals surface area contributed by atoms with E-state index in [1.54, 1.807) is 0 Å². The molecule has 0 bridgehead atoms. The Hall–Kier alpha value is -1.38. The van der Waals surface area contributed by atoms with Crippen LogP contribution in [0.1, 0.15) is 21.9 Å². The molecule has 0 saturated heterocycles. The summed E-state index contributed by atoms with van der Waals surface area (Å²) in [5, 5.41) is 8.51. The molecule has 0 saturated carbocycles. The van der Waals surface area contributed by atoms with Crippen molar-refractivity contribution in [2.45, 2.75) is 6.43 Å². The van der Waals surface area contributed by atoms with Gasteiger partial charge in [0.05, 0.1) is 5.02 Å². The predicted octanol–water partition coefficient (Wildman–Crippen LogP) is 3.43. The maximum Gasteiger partial charge on any atom is 0.291 e. The molecule has 0 aromatic carbocycles. The molecular formula is C9H4Cl2F2N4OS. The second kappa shape index (κ2) is 5.72. The molecule has 2 aromatic heterocycles. The van der Waals surface area contributed by atoms with Crippen LogP contribution in [0.3, 0.4) is 0 Å². The summed E-state index contributed by atoms with van der Waals surface area (Å²) < 4.78 is 24.6. The zero-order valence-electron chi connectivity index (χ0n) is 8.90. The number of pyridine rings is 1. The van der Waals surface area contributed by atoms with E-state index in [0.717, 1.165) is 0 Å². The lowest BCUT2D eigenvalue weighted by Crippen LogP contribution is -2.14. The Morgan fingerprint density at radius 3 is 2.68 bits per heavy atom. The monoisotopic (exact) mass is 324 g/mol. The van der Waals surface area contributed by atoms with Gasteiger partial charge in [0.15, 0.2) is 5.01 Å². The number of hydrogen-bond acceptors (Lipinski definition) is 5. The van der Waals surface area contributed by atoms with Crippen LogP contribution >= 0.6 is 34.5 Å². The van der Waals surface area contributed by atoms with Crippen LogP contribution in [0.4, 0.5) is 13.9 Å². The van der Waals surface area contributed by atoms with Gasteiger partial charge in [0, 0.05) is 0 Å². The molecule has 0 aliphatic heterocycles. The average Bonchev–Trinajstić information content (AvgIpc) is 2.80. The van der Waals surface area contributed by atoms with E-state index in [0.29, 0.717) is 11.3 Å². The number of halogens is 4. The maximum absolute atomic E-state index is 12.3. The van der Waals surface area contributed by atoms with Gasteiger partial charge in [0.2, 0.25) is 5.13 Å². The van der Waals surface area contributed by atoms with Gasteiger partial charge in [-0.25, -0.2) is 13.8 Å². The Kier molecular flexibility index (Phi) is 4.23. The Morgan fingerprint density at radius 1 is 1.32 bits per heavy atom. The van der Waals surface area contributed by atoms with Gasteiger partial charge in [0.25, 0.3) is 12.3 Å². The summed E-state index contributed by atoms with van der Waals surface area (Å²) >= 11 is 12.0. The molecule has 0 atom stereocenters. The molecule has 0 unspecified atom stereocenters. The highest BCUT2D eigenvalue weighted by atomic mass is 35.5. The Labute approximate surface area is 119 Å². The first-order valence-electron chi connectivity index (χ1n) is 4.72. The molecule has 0 aliphatic carbocycles. The Morgan fingerprint density at radius 2 is 2.05 bits per heavy atom. The molecule has 1 N–H and O–H groups in total. The van der Waals surface area contributed by atoms with Gasteiger partial charge in [0.1, 0.15) is 10.8 Å². The Bertz CT molecular complexity index is 622. The number of carbonyl (C=O) groups is 1. The number of amides is 1. The van der Waals surface area contributed by atoms with Gasteiger partial charge in [-0.2, -0.15) is 0 Å². The molecule has 100 valence electrons. The quantitative estimate of drug-likeness (QED) is 0.878. The SMILES string of the molecule is O=C(Nc1nnc(C(F)F)s1)c1nc(Cl)ccc1Cl. The molecule has 2 heterocycles. The standard InChI is InChI=1S/C9H4Cl2F2N4OS/c10-3-1-2-4(11)14-5(3)7(18)15-9-17-16-8(19-9)6(12)13/h1-2,6H,(H,15,17,18). The third-order valence-corrected chi connectivity index (χ3v) is 3.24. The second-order valence-corrected chi connectivity index (χ2v) is 4.97. The molecule has 2 rings (SSSR count). The first-order chi connectivity index (χ1) is 8.97. The van der Waals surface area contributed by atoms with Crippen LogP contribution in [-0.2, 0) is 0 Å². The van der Waals surface area contributed by atoms with E-state index in [4.69, 9.17) is 23.2 Å². The van der Waals surface area contributed by atoms with E-state index in [1.165, 1.54) is 12.1 Å². The van der Waals surface area contributed by atoms with Gasteiger partial charge >= 0.3 is 0 Å². The van der Waals surface area contributed by atoms with Crippen LogP contribution in [0, 0.1) is 0 Å². The molecule has 0 fully saturated rings. The number of hydrogen-bond donors (Lipinski definition) is 1. The summed E-state index contributed by atoms with van der Waals surface area (Å²) in [5.74, 6) is -0.704. The largest absolute Gasteiger partial charge is 0.295 e. The van der Waals surface area contributed by atoms with Crippen LogP contribution in [0.25, 0.3) is 0 Å². The van der Waals surface area contributed by atoms with E-state index in [9.17, 15) is 13.6 Å². The number of aromatic nitrogens is 3. The van der Waals surface area contributed by atoms with Crippen molar-refractivity contribution in [3.63, 3.8) is 0 Å². The molecule has 0 spiro atoms. The van der Waals surface area contributed by atoms with Crippen LogP contribution < -0.4 is 5.32 Å². The summed E-state index contributed by atoms with van der Waals surface area (Å²) in [5.41, 5.74) is -0.122. The average molecular weight is 325 g/mol. The smallest absolute Gasteiger partial charge is 0.291 e. The summed E-state index contributed by atoms with van der Waals surface area (Å²) in [7, 11) is 0. The molecule has 19 heavy (non-hydrogen) atoms. The predicted molar refractivity (Wildman–Crippen MR) is 67.1 cm³/mol. The van der Waals surface area contributed by atoms with E-state index < -0.39 is 17.3 Å². The minimum Gasteiger partial charge on any atom is -0.295 e. The van der Waals surface area contributed by atoms with Crippen LogP contribution in [0.2, 0.25) is 10.2 Å². The fourth-order valence-electron chi connectivity index (χ4n) is 1.11. The van der Waals surface area contributed by atoms with Crippen molar-refractivity contribution >= 4 is 45.6 Å². The van der Waals surface area contributed by atoms with Crippen molar-refractivity contribution in [3.05, 3.63) is 33.0 Å². The van der Waals surface area contributed by atoms with Gasteiger partial charge in [-0.1, -0.05) is 34.5 Å². The maximum atomic E-state index is 12.3. The van der Waals surface area contributed by atoms with Crippen LogP contribution in [0.5, 0.6) is 0 Å². The van der Waals surface area contributed by atoms with E-state index in [2.05, 4.69) is 20.5 Å². The summed E-state index contributed by atoms with van der Waals surface area (Å²) in [6, 6.07) is 2.82. The van der Waals surface area contributed by atoms with Crippen LogP contribution in [0.15, 0.2) is 12.1 Å². The van der Waals surface area contributed by atoms with Crippen molar-refractivity contribution in [1.29, 1.82) is 0 Å². The van der Waals surface area contributed by atoms with Gasteiger partial charge in [-0.15, -0.1) is 10.2 Å². The summed E-state index contributed by atoms with van der Waals surface area (Å²) in [4.78, 5) is 15.5. The molecule has 0 aliphatic rings. The number of alkyl halides is 2. The van der Waals surface area contributed by atoms with E-state index >= 15 is 0 Å². The number of nitrogens with one attached hydrogen (secondary N) is 1. The molecule has 2 aromatic rings. The number of carbonyl (C=O) groups excluding carboxylic acids is 1. The number of nitrogens with zero attached hydrogens (tertiary/aromatic N) is 3. The zero-order chi connectivity index (χ0) is 14.0. The van der Waals surface area contributed by atoms with Crippen molar-refractivity contribution in [2.75, 3.05) is 5.32 Å². The van der Waals surface area contributed by atoms with Gasteiger partial charge in [-0.3, -0.25) is 10.1 Å². The van der Waals surface area contributed by atoms with Crippen molar-refractivity contribution in [3.8, 4) is 0 Å². The Balaban J connectivity index is 2.18. The molecule has 5 nitrogen and oxygen atoms in total. The number of anilines is 1. The first-order valence-corrected chi connectivity index (χ1v) is 6.29. The summed E-state index contributed by atoms with van der Waals surface area (Å²) in [6.45, 7) is 0. The fourth-order valence-corrected chi connectivity index (χ4v) is 2.04. The fraction of sp³-hybridized carbons (Fsp3) is 0.111. The minimum absolute atomic E-state index is 0.0712. The van der Waals surface area contributed by atoms with Crippen molar-refractivity contribution in [1.82, 2.24) is 15.2 Å². The van der Waals surface area contributed by atoms with Crippen molar-refractivity contribution in [2.24, 2.45) is 0 Å². The third kappa shape index (κ3) is 3.34. The van der Waals surface area contributed by atoms with E-state index in [-0.39, 0.29) is 21.0 Å². The summed E-state index contributed by atoms with van der Waals surface area (Å²) in [6.07, 6.45) is -2.74.